The SMILES string of the molecule is COc1cc(OC)c(C=CS(=O)(=O)Nc2ccc(OC)c(OP(=O)(OCc3ccccc3)OCc3ccccc3)c2)c(OC)c1. The molecule has 4 aromatic carbocycles. The fourth-order valence-electron chi connectivity index (χ4n) is 4.03. The minimum Gasteiger partial charge on any atom is -0.496 e. The molecule has 0 aliphatic heterocycles. The van der Waals surface area contributed by atoms with Gasteiger partial charge in [0.25, 0.3) is 10.0 Å². The lowest BCUT2D eigenvalue weighted by atomic mass is 10.1. The van der Waals surface area contributed by atoms with Gasteiger partial charge in [0.05, 0.1) is 58.3 Å². The average Bonchev–Trinajstić information content (AvgIpc) is 3.06. The number of nitrogens with one attached hydrogen (secondary N) is 1. The summed E-state index contributed by atoms with van der Waals surface area (Å²) in [4.78, 5) is 0. The standard InChI is InChI=1S/C32H34NO10PS/c1-37-27-20-30(39-3)28(31(21-27)40-4)17-18-45(35,36)33-26-15-16-29(38-2)32(19-26)43-44(34,41-22-24-11-7-5-8-12-24)42-23-25-13-9-6-10-14-25/h5-21,33H,22-23H2,1-4H3. The Balaban J connectivity index is 1.58. The highest BCUT2D eigenvalue weighted by atomic mass is 32.2. The van der Waals surface area contributed by atoms with Crippen molar-refractivity contribution in [3.05, 3.63) is 113 Å². The number of anilines is 1. The molecule has 0 aliphatic carbocycles. The zero-order chi connectivity index (χ0) is 32.3. The number of sulfonamides is 1. The van der Waals surface area contributed by atoms with Crippen molar-refractivity contribution in [2.24, 2.45) is 0 Å². The van der Waals surface area contributed by atoms with Crippen LogP contribution in [0.1, 0.15) is 16.7 Å². The molecular weight excluding hydrogens is 621 g/mol. The number of ether oxygens (including phenoxy) is 4. The summed E-state index contributed by atoms with van der Waals surface area (Å²) in [5, 5.41) is 0.960. The van der Waals surface area contributed by atoms with Gasteiger partial charge in [-0.05, 0) is 29.3 Å². The minimum atomic E-state index is -4.27. The Morgan fingerprint density at radius 2 is 1.20 bits per heavy atom. The summed E-state index contributed by atoms with van der Waals surface area (Å²) >= 11 is 0. The highest BCUT2D eigenvalue weighted by molar-refractivity contribution is 7.95. The van der Waals surface area contributed by atoms with Crippen molar-refractivity contribution in [1.29, 1.82) is 0 Å². The predicted molar refractivity (Wildman–Crippen MR) is 171 cm³/mol. The van der Waals surface area contributed by atoms with E-state index in [1.54, 1.807) is 12.1 Å². The first-order chi connectivity index (χ1) is 21.7. The molecule has 0 radical (unpaired) electrons. The number of rotatable bonds is 16. The number of phosphoric ester groups is 1. The molecule has 0 heterocycles. The summed E-state index contributed by atoms with van der Waals surface area (Å²) in [5.41, 5.74) is 1.98. The Labute approximate surface area is 262 Å². The van der Waals surface area contributed by atoms with Crippen LogP contribution in [0.3, 0.4) is 0 Å². The van der Waals surface area contributed by atoms with E-state index in [0.29, 0.717) is 22.8 Å². The number of phosphoric acid groups is 1. The van der Waals surface area contributed by atoms with Gasteiger partial charge in [-0.2, -0.15) is 0 Å². The lowest BCUT2D eigenvalue weighted by molar-refractivity contribution is 0.142. The van der Waals surface area contributed by atoms with E-state index in [2.05, 4.69) is 4.72 Å². The van der Waals surface area contributed by atoms with Crippen LogP contribution in [-0.2, 0) is 36.8 Å². The average molecular weight is 656 g/mol. The first-order valence-corrected chi connectivity index (χ1v) is 16.5. The molecule has 0 amide bonds. The molecule has 238 valence electrons. The maximum absolute atomic E-state index is 13.9. The second kappa shape index (κ2) is 15.5. The van der Waals surface area contributed by atoms with Gasteiger partial charge in [0.15, 0.2) is 11.5 Å². The molecule has 0 saturated carbocycles. The zero-order valence-corrected chi connectivity index (χ0v) is 26.9. The van der Waals surface area contributed by atoms with Crippen LogP contribution in [-0.4, -0.2) is 36.9 Å². The Kier molecular flexibility index (Phi) is 11.5. The molecule has 4 rings (SSSR count). The normalized spacial score (nSPS) is 11.6. The highest BCUT2D eigenvalue weighted by Gasteiger charge is 2.31. The molecule has 0 spiro atoms. The van der Waals surface area contributed by atoms with Crippen LogP contribution in [0.25, 0.3) is 6.08 Å². The Bertz CT molecular complexity index is 1680. The molecular formula is C32H34NO10PS. The Morgan fingerprint density at radius 3 is 1.69 bits per heavy atom. The number of hydrogen-bond donors (Lipinski definition) is 1. The van der Waals surface area contributed by atoms with E-state index in [4.69, 9.17) is 32.5 Å². The van der Waals surface area contributed by atoms with Crippen LogP contribution in [0.2, 0.25) is 0 Å². The second-order valence-corrected chi connectivity index (χ2v) is 12.5. The highest BCUT2D eigenvalue weighted by Crippen LogP contribution is 2.53. The number of methoxy groups -OCH3 is 4. The van der Waals surface area contributed by atoms with Crippen LogP contribution in [0.15, 0.2) is 96.4 Å². The van der Waals surface area contributed by atoms with E-state index < -0.39 is 17.8 Å². The maximum Gasteiger partial charge on any atom is 0.530 e. The summed E-state index contributed by atoms with van der Waals surface area (Å²) in [7, 11) is -2.56. The summed E-state index contributed by atoms with van der Waals surface area (Å²) in [5.74, 6) is 1.28. The van der Waals surface area contributed by atoms with Crippen molar-refractivity contribution < 1.29 is 45.5 Å². The van der Waals surface area contributed by atoms with Crippen molar-refractivity contribution >= 4 is 29.6 Å². The predicted octanol–water partition coefficient (Wildman–Crippen LogP) is 7.05. The van der Waals surface area contributed by atoms with Crippen molar-refractivity contribution in [2.75, 3.05) is 33.2 Å². The van der Waals surface area contributed by atoms with Gasteiger partial charge in [-0.3, -0.25) is 13.8 Å². The minimum absolute atomic E-state index is 0.0649. The zero-order valence-electron chi connectivity index (χ0n) is 25.2. The molecule has 11 nitrogen and oxygen atoms in total. The van der Waals surface area contributed by atoms with Gasteiger partial charge in [-0.25, -0.2) is 13.0 Å². The fraction of sp³-hybridized carbons (Fsp3) is 0.188. The Hall–Kier alpha value is -4.48. The third-order valence-corrected chi connectivity index (χ3v) is 8.59. The van der Waals surface area contributed by atoms with Crippen molar-refractivity contribution in [1.82, 2.24) is 0 Å². The van der Waals surface area contributed by atoms with Gasteiger partial charge >= 0.3 is 7.82 Å². The van der Waals surface area contributed by atoms with E-state index >= 15 is 0 Å². The smallest absolute Gasteiger partial charge is 0.496 e. The monoisotopic (exact) mass is 655 g/mol. The lowest BCUT2D eigenvalue weighted by Crippen LogP contribution is -2.09. The molecule has 0 bridgehead atoms. The van der Waals surface area contributed by atoms with Crippen molar-refractivity contribution in [3.8, 4) is 28.7 Å². The van der Waals surface area contributed by atoms with E-state index in [0.717, 1.165) is 16.5 Å². The summed E-state index contributed by atoms with van der Waals surface area (Å²) in [6, 6.07) is 25.7. The molecule has 4 aromatic rings. The molecule has 1 N–H and O–H groups in total. The number of benzene rings is 4. The largest absolute Gasteiger partial charge is 0.530 e. The quantitative estimate of drug-likeness (QED) is 0.125. The van der Waals surface area contributed by atoms with Gasteiger partial charge < -0.3 is 23.5 Å². The van der Waals surface area contributed by atoms with Crippen LogP contribution < -0.4 is 28.2 Å². The summed E-state index contributed by atoms with van der Waals surface area (Å²) < 4.78 is 81.2. The molecule has 0 aromatic heterocycles. The first kappa shape index (κ1) is 33.4. The third-order valence-electron chi connectivity index (χ3n) is 6.27. The summed E-state index contributed by atoms with van der Waals surface area (Å²) in [6.45, 7) is -0.130. The molecule has 0 saturated heterocycles. The topological polar surface area (TPSA) is 128 Å². The number of hydrogen-bond acceptors (Lipinski definition) is 10. The van der Waals surface area contributed by atoms with Gasteiger partial charge in [-0.15, -0.1) is 0 Å². The van der Waals surface area contributed by atoms with Gasteiger partial charge in [0.2, 0.25) is 0 Å². The van der Waals surface area contributed by atoms with Crippen LogP contribution in [0, 0.1) is 0 Å². The fourth-order valence-corrected chi connectivity index (χ4v) is 6.05. The van der Waals surface area contributed by atoms with Crippen LogP contribution >= 0.6 is 7.82 Å². The molecule has 0 atom stereocenters. The van der Waals surface area contributed by atoms with Gasteiger partial charge in [-0.1, -0.05) is 60.7 Å². The lowest BCUT2D eigenvalue weighted by Gasteiger charge is -2.20. The van der Waals surface area contributed by atoms with Crippen LogP contribution in [0.4, 0.5) is 5.69 Å². The molecule has 0 fully saturated rings. The van der Waals surface area contributed by atoms with Gasteiger partial charge in [0, 0.05) is 18.2 Å². The van der Waals surface area contributed by atoms with Crippen LogP contribution in [0.5, 0.6) is 28.7 Å². The molecule has 0 unspecified atom stereocenters. The third kappa shape index (κ3) is 9.50. The van der Waals surface area contributed by atoms with Gasteiger partial charge in [0.1, 0.15) is 17.2 Å². The molecule has 0 aliphatic rings. The maximum atomic E-state index is 13.9. The van der Waals surface area contributed by atoms with Crippen molar-refractivity contribution in [3.63, 3.8) is 0 Å². The molecule has 13 heteroatoms. The van der Waals surface area contributed by atoms with Crippen molar-refractivity contribution in [2.45, 2.75) is 13.2 Å². The first-order valence-electron chi connectivity index (χ1n) is 13.5. The Morgan fingerprint density at radius 1 is 0.667 bits per heavy atom. The molecule has 45 heavy (non-hydrogen) atoms. The summed E-state index contributed by atoms with van der Waals surface area (Å²) in [6.07, 6.45) is 1.34. The van der Waals surface area contributed by atoms with E-state index in [1.165, 1.54) is 52.7 Å². The second-order valence-electron chi connectivity index (χ2n) is 9.32. The van der Waals surface area contributed by atoms with E-state index in [9.17, 15) is 13.0 Å². The van der Waals surface area contributed by atoms with E-state index in [-0.39, 0.29) is 30.4 Å². The van der Waals surface area contributed by atoms with E-state index in [1.807, 2.05) is 60.7 Å².